The molecule has 0 saturated heterocycles. The van der Waals surface area contributed by atoms with Crippen molar-refractivity contribution in [3.8, 4) is 11.5 Å². The van der Waals surface area contributed by atoms with E-state index < -0.39 is 18.0 Å². The van der Waals surface area contributed by atoms with Crippen molar-refractivity contribution in [1.82, 2.24) is 4.90 Å². The van der Waals surface area contributed by atoms with E-state index in [-0.39, 0.29) is 37.0 Å². The Labute approximate surface area is 150 Å². The van der Waals surface area contributed by atoms with Gasteiger partial charge in [0.1, 0.15) is 0 Å². The molecule has 1 aliphatic rings. The van der Waals surface area contributed by atoms with Crippen molar-refractivity contribution in [3.63, 3.8) is 0 Å². The molecule has 1 N–H and O–H groups in total. The Kier molecular flexibility index (Phi) is 6.39. The van der Waals surface area contributed by atoms with Gasteiger partial charge in [-0.05, 0) is 37.5 Å². The molecule has 6 nitrogen and oxygen atoms in total. The molecule has 1 aromatic carbocycles. The minimum absolute atomic E-state index is 0.0380. The Hall–Kier alpha value is -2.38. The molecule has 1 saturated carbocycles. The van der Waals surface area contributed by atoms with Crippen LogP contribution in [0.4, 0.5) is 8.78 Å². The number of hydrogen-bond acceptors (Lipinski definition) is 4. The molecular weight excluding hydrogens is 348 g/mol. The Bertz CT molecular complexity index is 661. The third-order valence-corrected chi connectivity index (χ3v) is 4.62. The summed E-state index contributed by atoms with van der Waals surface area (Å²) < 4.78 is 34.6. The summed E-state index contributed by atoms with van der Waals surface area (Å²) in [5.74, 6) is -1.10. The first kappa shape index (κ1) is 19.9. The van der Waals surface area contributed by atoms with Crippen LogP contribution in [0.25, 0.3) is 0 Å². The smallest absolute Gasteiger partial charge is 0.387 e. The Morgan fingerprint density at radius 3 is 2.50 bits per heavy atom. The number of carbonyl (C=O) groups is 2. The summed E-state index contributed by atoms with van der Waals surface area (Å²) in [5, 5.41) is 9.34. The highest BCUT2D eigenvalue weighted by molar-refractivity contribution is 5.85. The van der Waals surface area contributed by atoms with E-state index in [9.17, 15) is 23.5 Å². The molecule has 0 aliphatic heterocycles. The van der Waals surface area contributed by atoms with Crippen LogP contribution in [0.5, 0.6) is 11.5 Å². The first-order valence-electron chi connectivity index (χ1n) is 8.45. The van der Waals surface area contributed by atoms with E-state index in [4.69, 9.17) is 4.74 Å². The van der Waals surface area contributed by atoms with Gasteiger partial charge in [0.15, 0.2) is 11.5 Å². The van der Waals surface area contributed by atoms with Gasteiger partial charge in [0.2, 0.25) is 5.91 Å². The highest BCUT2D eigenvalue weighted by Crippen LogP contribution is 2.44. The third-order valence-electron chi connectivity index (χ3n) is 4.62. The molecule has 0 unspecified atom stereocenters. The van der Waals surface area contributed by atoms with Gasteiger partial charge in [-0.15, -0.1) is 0 Å². The molecule has 2 rings (SSSR count). The molecule has 8 heteroatoms. The maximum atomic E-state index is 12.4. The molecule has 0 spiro atoms. The number of carboxylic acids is 1. The average molecular weight is 371 g/mol. The van der Waals surface area contributed by atoms with Crippen molar-refractivity contribution in [2.24, 2.45) is 5.41 Å². The van der Waals surface area contributed by atoms with Crippen LogP contribution < -0.4 is 9.47 Å². The Morgan fingerprint density at radius 2 is 2.00 bits per heavy atom. The second kappa shape index (κ2) is 8.33. The number of carboxylic acid groups (broad SMARTS) is 1. The molecule has 0 bridgehead atoms. The zero-order valence-corrected chi connectivity index (χ0v) is 14.8. The Morgan fingerprint density at radius 1 is 1.31 bits per heavy atom. The van der Waals surface area contributed by atoms with Gasteiger partial charge < -0.3 is 19.5 Å². The summed E-state index contributed by atoms with van der Waals surface area (Å²) in [7, 11) is 1.58. The SMILES string of the molecule is CCOc1cc(CN(C)C(=O)CC2(C(=O)O)CCC2)ccc1OC(F)F. The fourth-order valence-electron chi connectivity index (χ4n) is 2.97. The maximum Gasteiger partial charge on any atom is 0.387 e. The largest absolute Gasteiger partial charge is 0.490 e. The monoisotopic (exact) mass is 371 g/mol. The molecular formula is C18H23F2NO5. The fraction of sp³-hybridized carbons (Fsp3) is 0.556. The van der Waals surface area contributed by atoms with Gasteiger partial charge in [-0.3, -0.25) is 9.59 Å². The molecule has 26 heavy (non-hydrogen) atoms. The summed E-state index contributed by atoms with van der Waals surface area (Å²) in [4.78, 5) is 25.2. The van der Waals surface area contributed by atoms with E-state index in [1.807, 2.05) is 0 Å². The molecule has 0 aromatic heterocycles. The summed E-state index contributed by atoms with van der Waals surface area (Å²) in [6.45, 7) is -0.750. The lowest BCUT2D eigenvalue weighted by atomic mass is 9.66. The number of halogens is 2. The van der Waals surface area contributed by atoms with E-state index in [2.05, 4.69) is 4.74 Å². The van der Waals surface area contributed by atoms with E-state index in [0.717, 1.165) is 6.42 Å². The second-order valence-electron chi connectivity index (χ2n) is 6.46. The van der Waals surface area contributed by atoms with Gasteiger partial charge >= 0.3 is 12.6 Å². The maximum absolute atomic E-state index is 12.4. The normalized spacial score (nSPS) is 15.3. The van der Waals surface area contributed by atoms with Gasteiger partial charge in [0.05, 0.1) is 12.0 Å². The summed E-state index contributed by atoms with van der Waals surface area (Å²) in [6.07, 6.45) is 1.79. The van der Waals surface area contributed by atoms with Crippen LogP contribution >= 0.6 is 0 Å². The summed E-state index contributed by atoms with van der Waals surface area (Å²) in [6, 6.07) is 4.48. The van der Waals surface area contributed by atoms with Crippen molar-refractivity contribution < 1.29 is 33.0 Å². The molecule has 144 valence electrons. The highest BCUT2D eigenvalue weighted by Gasteiger charge is 2.46. The van der Waals surface area contributed by atoms with E-state index in [1.165, 1.54) is 11.0 Å². The van der Waals surface area contributed by atoms with Crippen LogP contribution in [0.1, 0.15) is 38.2 Å². The summed E-state index contributed by atoms with van der Waals surface area (Å²) in [5.41, 5.74) is -0.277. The molecule has 0 atom stereocenters. The van der Waals surface area contributed by atoms with E-state index in [1.54, 1.807) is 26.1 Å². The molecule has 1 aromatic rings. The fourth-order valence-corrected chi connectivity index (χ4v) is 2.97. The van der Waals surface area contributed by atoms with Gasteiger partial charge in [-0.2, -0.15) is 8.78 Å². The van der Waals surface area contributed by atoms with Crippen LogP contribution in [0.15, 0.2) is 18.2 Å². The van der Waals surface area contributed by atoms with Crippen LogP contribution in [-0.4, -0.2) is 42.1 Å². The number of benzene rings is 1. The van der Waals surface area contributed by atoms with Crippen molar-refractivity contribution in [2.75, 3.05) is 13.7 Å². The number of hydrogen-bond donors (Lipinski definition) is 1. The van der Waals surface area contributed by atoms with Crippen molar-refractivity contribution in [1.29, 1.82) is 0 Å². The topological polar surface area (TPSA) is 76.1 Å². The van der Waals surface area contributed by atoms with Crippen molar-refractivity contribution in [3.05, 3.63) is 23.8 Å². The first-order chi connectivity index (χ1) is 12.3. The van der Waals surface area contributed by atoms with Crippen LogP contribution in [-0.2, 0) is 16.1 Å². The molecule has 1 aliphatic carbocycles. The van der Waals surface area contributed by atoms with Gasteiger partial charge in [0.25, 0.3) is 0 Å². The summed E-state index contributed by atoms with van der Waals surface area (Å²) >= 11 is 0. The first-order valence-corrected chi connectivity index (χ1v) is 8.45. The van der Waals surface area contributed by atoms with Gasteiger partial charge in [-0.1, -0.05) is 12.5 Å². The zero-order chi connectivity index (χ0) is 19.3. The number of nitrogens with zero attached hydrogens (tertiary/aromatic N) is 1. The minimum Gasteiger partial charge on any atom is -0.490 e. The number of aliphatic carboxylic acids is 1. The highest BCUT2D eigenvalue weighted by atomic mass is 19.3. The molecule has 1 fully saturated rings. The number of carbonyl (C=O) groups excluding carboxylic acids is 1. The van der Waals surface area contributed by atoms with Crippen LogP contribution in [0, 0.1) is 5.41 Å². The second-order valence-corrected chi connectivity index (χ2v) is 6.46. The van der Waals surface area contributed by atoms with Gasteiger partial charge in [-0.25, -0.2) is 0 Å². The quantitative estimate of drug-likeness (QED) is 0.721. The third kappa shape index (κ3) is 4.62. The molecule has 0 heterocycles. The Balaban J connectivity index is 2.05. The number of ether oxygens (including phenoxy) is 2. The number of alkyl halides is 2. The lowest BCUT2D eigenvalue weighted by Crippen LogP contribution is -2.42. The average Bonchev–Trinajstić information content (AvgIpc) is 2.52. The van der Waals surface area contributed by atoms with Crippen LogP contribution in [0.3, 0.4) is 0 Å². The van der Waals surface area contributed by atoms with Crippen molar-refractivity contribution >= 4 is 11.9 Å². The van der Waals surface area contributed by atoms with E-state index >= 15 is 0 Å². The number of amides is 1. The number of rotatable bonds is 9. The minimum atomic E-state index is -2.96. The van der Waals surface area contributed by atoms with E-state index in [0.29, 0.717) is 18.4 Å². The lowest BCUT2D eigenvalue weighted by molar-refractivity contribution is -0.159. The predicted molar refractivity (Wildman–Crippen MR) is 89.3 cm³/mol. The standard InChI is InChI=1S/C18H23F2NO5/c1-3-25-14-9-12(5-6-13(14)26-17(19)20)11-21(2)15(22)10-18(16(23)24)7-4-8-18/h5-6,9,17H,3-4,7-8,10-11H2,1-2H3,(H,23,24). The van der Waals surface area contributed by atoms with Crippen molar-refractivity contribution in [2.45, 2.75) is 45.8 Å². The van der Waals surface area contributed by atoms with Gasteiger partial charge in [0, 0.05) is 20.0 Å². The lowest BCUT2D eigenvalue weighted by Gasteiger charge is -2.38. The molecule has 0 radical (unpaired) electrons. The zero-order valence-electron chi connectivity index (χ0n) is 14.8. The molecule has 1 amide bonds. The predicted octanol–water partition coefficient (Wildman–Crippen LogP) is 3.29. The van der Waals surface area contributed by atoms with Crippen LogP contribution in [0.2, 0.25) is 0 Å².